The van der Waals surface area contributed by atoms with Crippen LogP contribution < -0.4 is 10.1 Å². The topological polar surface area (TPSA) is 107 Å². The monoisotopic (exact) mass is 540 g/mol. The smallest absolute Gasteiger partial charge is 0.409 e. The molecule has 4 aromatic rings. The second-order valence-corrected chi connectivity index (χ2v) is 9.89. The van der Waals surface area contributed by atoms with Crippen LogP contribution in [-0.4, -0.2) is 54.4 Å². The van der Waals surface area contributed by atoms with E-state index in [9.17, 15) is 9.59 Å². The first kappa shape index (κ1) is 26.9. The molecule has 2 amide bonds. The van der Waals surface area contributed by atoms with Crippen molar-refractivity contribution in [2.75, 3.05) is 32.6 Å². The van der Waals surface area contributed by atoms with Gasteiger partial charge in [0.1, 0.15) is 5.75 Å². The van der Waals surface area contributed by atoms with E-state index in [2.05, 4.69) is 15.5 Å². The Labute approximate surface area is 233 Å². The van der Waals surface area contributed by atoms with Crippen LogP contribution in [-0.2, 0) is 4.74 Å². The molecule has 0 atom stereocenters. The summed E-state index contributed by atoms with van der Waals surface area (Å²) in [4.78, 5) is 31.0. The van der Waals surface area contributed by atoms with Gasteiger partial charge in [-0.2, -0.15) is 4.98 Å². The molecule has 1 aromatic heterocycles. The number of hydrogen-bond acceptors (Lipinski definition) is 7. The number of nitrogens with one attached hydrogen (secondary N) is 1. The van der Waals surface area contributed by atoms with Gasteiger partial charge in [0.25, 0.3) is 5.91 Å². The first-order valence-electron chi connectivity index (χ1n) is 13.2. The van der Waals surface area contributed by atoms with Gasteiger partial charge in [0.2, 0.25) is 11.7 Å². The van der Waals surface area contributed by atoms with E-state index in [1.807, 2.05) is 67.6 Å². The fourth-order valence-electron chi connectivity index (χ4n) is 5.18. The number of carbonyl (C=O) groups is 2. The summed E-state index contributed by atoms with van der Waals surface area (Å²) >= 11 is 0. The maximum atomic E-state index is 13.1. The Balaban J connectivity index is 1.28. The van der Waals surface area contributed by atoms with Crippen LogP contribution in [0.1, 0.15) is 46.1 Å². The van der Waals surface area contributed by atoms with Crippen LogP contribution in [0.4, 0.5) is 10.5 Å². The second-order valence-electron chi connectivity index (χ2n) is 9.89. The maximum absolute atomic E-state index is 13.1. The highest BCUT2D eigenvalue weighted by atomic mass is 16.5. The summed E-state index contributed by atoms with van der Waals surface area (Å²) in [6, 6.07) is 19.3. The number of nitrogens with zero attached hydrogens (tertiary/aromatic N) is 3. The molecule has 206 valence electrons. The van der Waals surface area contributed by atoms with Crippen LogP contribution in [0.5, 0.6) is 5.75 Å². The van der Waals surface area contributed by atoms with Crippen molar-refractivity contribution < 1.29 is 23.6 Å². The lowest BCUT2D eigenvalue weighted by Gasteiger charge is -2.32. The summed E-state index contributed by atoms with van der Waals surface area (Å²) in [5.41, 5.74) is 6.31. The van der Waals surface area contributed by atoms with E-state index in [1.165, 1.54) is 7.11 Å². The molecule has 0 unspecified atom stereocenters. The summed E-state index contributed by atoms with van der Waals surface area (Å²) in [5, 5.41) is 7.01. The number of carbonyl (C=O) groups excluding carboxylic acids is 2. The number of piperidine rings is 1. The van der Waals surface area contributed by atoms with Crippen LogP contribution in [0.3, 0.4) is 0 Å². The second kappa shape index (κ2) is 11.6. The number of aryl methyl sites for hydroxylation is 2. The Hall–Kier alpha value is -4.66. The highest BCUT2D eigenvalue weighted by Gasteiger charge is 2.26. The average Bonchev–Trinajstić information content (AvgIpc) is 3.43. The van der Waals surface area contributed by atoms with Gasteiger partial charge in [-0.15, -0.1) is 0 Å². The summed E-state index contributed by atoms with van der Waals surface area (Å²) in [6.45, 7) is 5.03. The molecule has 0 spiro atoms. The minimum absolute atomic E-state index is 0.192. The molecule has 0 saturated carbocycles. The standard InChI is InChI=1S/C31H32N4O5/c1-19-17-24(29-32-20(2)40-34-29)9-11-26(19)21-5-7-23(8-6-21)30(36)33-25-10-12-28(38-3)27(18-25)22-13-15-35(16-14-22)31(37)39-4/h5-12,17-18,22H,13-16H2,1-4H3,(H,33,36). The quantitative estimate of drug-likeness (QED) is 0.309. The Morgan fingerprint density at radius 2 is 1.68 bits per heavy atom. The Morgan fingerprint density at radius 1 is 0.950 bits per heavy atom. The van der Waals surface area contributed by atoms with Gasteiger partial charge in [-0.05, 0) is 84.3 Å². The number of methoxy groups -OCH3 is 2. The summed E-state index contributed by atoms with van der Waals surface area (Å²) in [7, 11) is 3.04. The third-order valence-electron chi connectivity index (χ3n) is 7.33. The van der Waals surface area contributed by atoms with Crippen molar-refractivity contribution in [3.8, 4) is 28.3 Å². The number of rotatable bonds is 6. The summed E-state index contributed by atoms with van der Waals surface area (Å²) < 4.78 is 15.5. The SMILES string of the molecule is COC(=O)N1CCC(c2cc(NC(=O)c3ccc(-c4ccc(-c5noc(C)n5)cc4C)cc3)ccc2OC)CC1. The summed E-state index contributed by atoms with van der Waals surface area (Å²) in [6.07, 6.45) is 1.28. The van der Waals surface area contributed by atoms with E-state index in [-0.39, 0.29) is 17.9 Å². The fourth-order valence-corrected chi connectivity index (χ4v) is 5.18. The van der Waals surface area contributed by atoms with Gasteiger partial charge in [0, 0.05) is 36.8 Å². The van der Waals surface area contributed by atoms with Crippen molar-refractivity contribution in [3.63, 3.8) is 0 Å². The largest absolute Gasteiger partial charge is 0.496 e. The number of ether oxygens (including phenoxy) is 2. The first-order chi connectivity index (χ1) is 19.4. The van der Waals surface area contributed by atoms with Crippen molar-refractivity contribution in [3.05, 3.63) is 83.2 Å². The van der Waals surface area contributed by atoms with Crippen LogP contribution in [0, 0.1) is 13.8 Å². The molecular weight excluding hydrogens is 508 g/mol. The molecule has 5 rings (SSSR count). The molecule has 9 nitrogen and oxygen atoms in total. The number of likely N-dealkylation sites (tertiary alicyclic amines) is 1. The molecule has 40 heavy (non-hydrogen) atoms. The molecule has 0 bridgehead atoms. The molecule has 1 saturated heterocycles. The van der Waals surface area contributed by atoms with Crippen molar-refractivity contribution in [2.24, 2.45) is 0 Å². The zero-order chi connectivity index (χ0) is 28.2. The van der Waals surface area contributed by atoms with E-state index in [4.69, 9.17) is 14.0 Å². The van der Waals surface area contributed by atoms with Crippen LogP contribution in [0.15, 0.2) is 65.2 Å². The number of anilines is 1. The van der Waals surface area contributed by atoms with E-state index in [1.54, 1.807) is 18.9 Å². The molecule has 1 aliphatic rings. The Bertz CT molecular complexity index is 1520. The normalized spacial score (nSPS) is 13.7. The van der Waals surface area contributed by atoms with E-state index in [0.717, 1.165) is 46.4 Å². The predicted molar refractivity (Wildman–Crippen MR) is 152 cm³/mol. The number of benzene rings is 3. The molecule has 9 heteroatoms. The maximum Gasteiger partial charge on any atom is 0.409 e. The first-order valence-corrected chi connectivity index (χ1v) is 13.2. The Morgan fingerprint density at radius 3 is 2.30 bits per heavy atom. The van der Waals surface area contributed by atoms with Gasteiger partial charge >= 0.3 is 6.09 Å². The molecular formula is C31H32N4O5. The molecule has 0 aliphatic carbocycles. The van der Waals surface area contributed by atoms with E-state index in [0.29, 0.717) is 36.1 Å². The van der Waals surface area contributed by atoms with Crippen LogP contribution >= 0.6 is 0 Å². The molecule has 0 radical (unpaired) electrons. The van der Waals surface area contributed by atoms with Gasteiger partial charge < -0.3 is 24.2 Å². The van der Waals surface area contributed by atoms with Gasteiger partial charge in [-0.1, -0.05) is 29.4 Å². The minimum atomic E-state index is -0.302. The molecule has 1 N–H and O–H groups in total. The predicted octanol–water partition coefficient (Wildman–Crippen LogP) is 6.23. The average molecular weight is 541 g/mol. The number of hydrogen-bond donors (Lipinski definition) is 1. The zero-order valence-corrected chi connectivity index (χ0v) is 23.1. The van der Waals surface area contributed by atoms with E-state index >= 15 is 0 Å². The number of amides is 2. The molecule has 1 fully saturated rings. The lowest BCUT2D eigenvalue weighted by atomic mass is 9.88. The van der Waals surface area contributed by atoms with Gasteiger partial charge in [0.15, 0.2) is 0 Å². The third kappa shape index (κ3) is 5.68. The van der Waals surface area contributed by atoms with Crippen molar-refractivity contribution in [1.29, 1.82) is 0 Å². The van der Waals surface area contributed by atoms with Gasteiger partial charge in [-0.25, -0.2) is 4.79 Å². The van der Waals surface area contributed by atoms with Crippen molar-refractivity contribution in [2.45, 2.75) is 32.6 Å². The van der Waals surface area contributed by atoms with Crippen molar-refractivity contribution >= 4 is 17.7 Å². The molecule has 1 aliphatic heterocycles. The highest BCUT2D eigenvalue weighted by Crippen LogP contribution is 2.36. The third-order valence-corrected chi connectivity index (χ3v) is 7.33. The number of aromatic nitrogens is 2. The molecule has 3 aromatic carbocycles. The lowest BCUT2D eigenvalue weighted by molar-refractivity contribution is 0.102. The highest BCUT2D eigenvalue weighted by molar-refractivity contribution is 6.04. The van der Waals surface area contributed by atoms with E-state index < -0.39 is 0 Å². The fraction of sp³-hybridized carbons (Fsp3) is 0.290. The van der Waals surface area contributed by atoms with Gasteiger partial charge in [-0.3, -0.25) is 4.79 Å². The molecule has 2 heterocycles. The van der Waals surface area contributed by atoms with Crippen LogP contribution in [0.2, 0.25) is 0 Å². The van der Waals surface area contributed by atoms with Crippen LogP contribution in [0.25, 0.3) is 22.5 Å². The minimum Gasteiger partial charge on any atom is -0.496 e. The van der Waals surface area contributed by atoms with Gasteiger partial charge in [0.05, 0.1) is 14.2 Å². The Kier molecular flexibility index (Phi) is 7.82. The lowest BCUT2D eigenvalue weighted by Crippen LogP contribution is -2.37. The van der Waals surface area contributed by atoms with Crippen molar-refractivity contribution in [1.82, 2.24) is 15.0 Å². The zero-order valence-electron chi connectivity index (χ0n) is 23.1. The summed E-state index contributed by atoms with van der Waals surface area (Å²) in [5.74, 6) is 1.88.